The predicted octanol–water partition coefficient (Wildman–Crippen LogP) is 4.05. The van der Waals surface area contributed by atoms with Crippen LogP contribution < -0.4 is 10.3 Å². The van der Waals surface area contributed by atoms with E-state index in [0.717, 1.165) is 5.52 Å². The smallest absolute Gasteiger partial charge is 0.263 e. The zero-order valence-electron chi connectivity index (χ0n) is 14.9. The van der Waals surface area contributed by atoms with Crippen molar-refractivity contribution >= 4 is 40.0 Å². The number of halogens is 1. The van der Waals surface area contributed by atoms with Crippen LogP contribution in [0.3, 0.4) is 0 Å². The summed E-state index contributed by atoms with van der Waals surface area (Å²) in [7, 11) is 0. The minimum Gasteiger partial charge on any atom is -0.491 e. The standard InChI is InChI=1S/C20H17ClN4O2S/c1-2-11-24-18(26)14-7-3-5-9-16(14)25-19(24)22-23-20(25)28-13-12-27-17-10-6-4-8-15(17)21/h2-10H,1,11-13H2. The number of aromatic nitrogens is 4. The highest BCUT2D eigenvalue weighted by Gasteiger charge is 2.16. The number of ether oxygens (including phenoxy) is 1. The Labute approximate surface area is 170 Å². The zero-order valence-corrected chi connectivity index (χ0v) is 16.5. The first-order valence-corrected chi connectivity index (χ1v) is 10.0. The van der Waals surface area contributed by atoms with Gasteiger partial charge in [0.15, 0.2) is 5.16 Å². The SMILES string of the molecule is C=CCn1c(=O)c2ccccc2n2c(SCCOc3ccccc3Cl)nnc12. The lowest BCUT2D eigenvalue weighted by Crippen LogP contribution is -2.22. The number of hydrogen-bond donors (Lipinski definition) is 0. The second kappa shape index (κ2) is 8.08. The molecule has 0 N–H and O–H groups in total. The third kappa shape index (κ3) is 3.39. The fourth-order valence-electron chi connectivity index (χ4n) is 2.97. The summed E-state index contributed by atoms with van der Waals surface area (Å²) in [4.78, 5) is 12.8. The summed E-state index contributed by atoms with van der Waals surface area (Å²) in [6, 6.07) is 14.8. The molecule has 0 bridgehead atoms. The Morgan fingerprint density at radius 3 is 2.75 bits per heavy atom. The molecule has 0 fully saturated rings. The van der Waals surface area contributed by atoms with Gasteiger partial charge in [0.1, 0.15) is 5.75 Å². The Hall–Kier alpha value is -2.77. The highest BCUT2D eigenvalue weighted by molar-refractivity contribution is 7.99. The van der Waals surface area contributed by atoms with Gasteiger partial charge in [-0.1, -0.05) is 53.7 Å². The molecule has 2 aromatic carbocycles. The van der Waals surface area contributed by atoms with Crippen LogP contribution in [-0.4, -0.2) is 31.5 Å². The number of fused-ring (bicyclic) bond motifs is 3. The first-order chi connectivity index (χ1) is 13.7. The maximum atomic E-state index is 12.8. The molecule has 0 saturated carbocycles. The van der Waals surface area contributed by atoms with E-state index >= 15 is 0 Å². The van der Waals surface area contributed by atoms with Crippen LogP contribution in [0.4, 0.5) is 0 Å². The molecule has 0 radical (unpaired) electrons. The summed E-state index contributed by atoms with van der Waals surface area (Å²) in [5.74, 6) is 1.81. The highest BCUT2D eigenvalue weighted by atomic mass is 35.5. The fraction of sp³-hybridized carbons (Fsp3) is 0.150. The van der Waals surface area contributed by atoms with E-state index in [-0.39, 0.29) is 5.56 Å². The van der Waals surface area contributed by atoms with Crippen LogP contribution in [0.5, 0.6) is 5.75 Å². The normalized spacial score (nSPS) is 11.2. The van der Waals surface area contributed by atoms with Crippen LogP contribution in [0.2, 0.25) is 5.02 Å². The fourth-order valence-corrected chi connectivity index (χ4v) is 3.91. The monoisotopic (exact) mass is 412 g/mol. The van der Waals surface area contributed by atoms with Crippen LogP contribution in [0, 0.1) is 0 Å². The number of nitrogens with zero attached hydrogens (tertiary/aromatic N) is 4. The number of rotatable bonds is 7. The lowest BCUT2D eigenvalue weighted by atomic mass is 10.2. The molecule has 6 nitrogen and oxygen atoms in total. The summed E-state index contributed by atoms with van der Waals surface area (Å²) in [6.07, 6.45) is 1.68. The third-order valence-electron chi connectivity index (χ3n) is 4.20. The van der Waals surface area contributed by atoms with Gasteiger partial charge in [0.25, 0.3) is 5.56 Å². The van der Waals surface area contributed by atoms with Gasteiger partial charge in [-0.15, -0.1) is 16.8 Å². The Kier molecular flexibility index (Phi) is 5.36. The van der Waals surface area contributed by atoms with E-state index in [1.54, 1.807) is 16.7 Å². The maximum Gasteiger partial charge on any atom is 0.263 e. The van der Waals surface area contributed by atoms with Crippen LogP contribution in [0.25, 0.3) is 16.7 Å². The molecule has 4 rings (SSSR count). The van der Waals surface area contributed by atoms with Crippen molar-refractivity contribution in [2.24, 2.45) is 0 Å². The maximum absolute atomic E-state index is 12.8. The van der Waals surface area contributed by atoms with Crippen molar-refractivity contribution in [3.8, 4) is 5.75 Å². The van der Waals surface area contributed by atoms with Crippen molar-refractivity contribution < 1.29 is 4.74 Å². The molecule has 0 amide bonds. The van der Waals surface area contributed by atoms with E-state index in [9.17, 15) is 4.79 Å². The van der Waals surface area contributed by atoms with Crippen molar-refractivity contribution in [3.63, 3.8) is 0 Å². The first-order valence-electron chi connectivity index (χ1n) is 8.68. The van der Waals surface area contributed by atoms with E-state index in [1.807, 2.05) is 46.9 Å². The summed E-state index contributed by atoms with van der Waals surface area (Å²) < 4.78 is 9.22. The van der Waals surface area contributed by atoms with Crippen molar-refractivity contribution in [2.75, 3.05) is 12.4 Å². The molecule has 2 heterocycles. The largest absolute Gasteiger partial charge is 0.491 e. The van der Waals surface area contributed by atoms with Gasteiger partial charge >= 0.3 is 0 Å². The highest BCUT2D eigenvalue weighted by Crippen LogP contribution is 2.25. The van der Waals surface area contributed by atoms with E-state index in [2.05, 4.69) is 16.8 Å². The lowest BCUT2D eigenvalue weighted by molar-refractivity contribution is 0.344. The molecule has 0 aliphatic rings. The van der Waals surface area contributed by atoms with Gasteiger partial charge in [0, 0.05) is 12.3 Å². The zero-order chi connectivity index (χ0) is 19.5. The van der Waals surface area contributed by atoms with Crippen LogP contribution in [-0.2, 0) is 6.54 Å². The van der Waals surface area contributed by atoms with Gasteiger partial charge in [0.2, 0.25) is 5.78 Å². The van der Waals surface area contributed by atoms with Crippen LogP contribution in [0.15, 0.2) is 71.1 Å². The molecule has 0 aliphatic heterocycles. The Morgan fingerprint density at radius 1 is 1.14 bits per heavy atom. The molecule has 0 saturated heterocycles. The average Bonchev–Trinajstić information content (AvgIpc) is 3.13. The number of hydrogen-bond acceptors (Lipinski definition) is 5. The number of allylic oxidation sites excluding steroid dienone is 1. The topological polar surface area (TPSA) is 61.4 Å². The molecule has 0 spiro atoms. The molecule has 2 aromatic heterocycles. The van der Waals surface area contributed by atoms with E-state index in [1.165, 1.54) is 11.8 Å². The number of para-hydroxylation sites is 2. The summed E-state index contributed by atoms with van der Waals surface area (Å²) in [5, 5.41) is 10.4. The van der Waals surface area contributed by atoms with Crippen molar-refractivity contribution in [1.82, 2.24) is 19.2 Å². The van der Waals surface area contributed by atoms with Crippen LogP contribution in [0.1, 0.15) is 0 Å². The molecule has 142 valence electrons. The minimum atomic E-state index is -0.103. The molecule has 0 aliphatic carbocycles. The van der Waals surface area contributed by atoms with E-state index in [4.69, 9.17) is 16.3 Å². The molecular weight excluding hydrogens is 396 g/mol. The Balaban J connectivity index is 1.64. The molecular formula is C20H17ClN4O2S. The van der Waals surface area contributed by atoms with Crippen molar-refractivity contribution in [1.29, 1.82) is 0 Å². The summed E-state index contributed by atoms with van der Waals surface area (Å²) in [5.41, 5.74) is 0.677. The van der Waals surface area contributed by atoms with Crippen molar-refractivity contribution in [3.05, 3.63) is 76.6 Å². The van der Waals surface area contributed by atoms with Gasteiger partial charge in [-0.2, -0.15) is 0 Å². The van der Waals surface area contributed by atoms with Gasteiger partial charge in [0.05, 0.1) is 22.5 Å². The molecule has 28 heavy (non-hydrogen) atoms. The van der Waals surface area contributed by atoms with E-state index < -0.39 is 0 Å². The van der Waals surface area contributed by atoms with Gasteiger partial charge in [-0.05, 0) is 24.3 Å². The van der Waals surface area contributed by atoms with E-state index in [0.29, 0.717) is 46.0 Å². The quantitative estimate of drug-likeness (QED) is 0.260. The second-order valence-corrected chi connectivity index (χ2v) is 7.44. The van der Waals surface area contributed by atoms with Crippen LogP contribution >= 0.6 is 23.4 Å². The summed E-state index contributed by atoms with van der Waals surface area (Å²) >= 11 is 7.62. The minimum absolute atomic E-state index is 0.103. The Bertz CT molecular complexity index is 1220. The number of thioether (sulfide) groups is 1. The lowest BCUT2D eigenvalue weighted by Gasteiger charge is -2.10. The predicted molar refractivity (Wildman–Crippen MR) is 113 cm³/mol. The summed E-state index contributed by atoms with van der Waals surface area (Å²) in [6.45, 7) is 4.57. The Morgan fingerprint density at radius 2 is 1.93 bits per heavy atom. The second-order valence-electron chi connectivity index (χ2n) is 5.97. The average molecular weight is 413 g/mol. The molecule has 8 heteroatoms. The molecule has 0 unspecified atom stereocenters. The number of benzene rings is 2. The van der Waals surface area contributed by atoms with Gasteiger partial charge in [-0.25, -0.2) is 0 Å². The van der Waals surface area contributed by atoms with Gasteiger partial charge in [-0.3, -0.25) is 13.8 Å². The van der Waals surface area contributed by atoms with Crippen molar-refractivity contribution in [2.45, 2.75) is 11.7 Å². The molecule has 4 aromatic rings. The molecule has 0 atom stereocenters. The third-order valence-corrected chi connectivity index (χ3v) is 5.40. The first kappa shape index (κ1) is 18.6. The van der Waals surface area contributed by atoms with Gasteiger partial charge < -0.3 is 4.74 Å².